The lowest BCUT2D eigenvalue weighted by Gasteiger charge is -2.26. The van der Waals surface area contributed by atoms with Crippen molar-refractivity contribution >= 4 is 5.69 Å². The molecule has 2 N–H and O–H groups in total. The molecule has 0 spiro atoms. The van der Waals surface area contributed by atoms with Crippen molar-refractivity contribution in [1.82, 2.24) is 0 Å². The van der Waals surface area contributed by atoms with E-state index in [0.29, 0.717) is 24.0 Å². The maximum Gasteiger partial charge on any atom is 0.167 e. The number of ether oxygens (including phenoxy) is 1. The lowest BCUT2D eigenvalue weighted by Crippen LogP contribution is -2.19. The summed E-state index contributed by atoms with van der Waals surface area (Å²) in [6.45, 7) is 2.89. The van der Waals surface area contributed by atoms with Gasteiger partial charge in [0.1, 0.15) is 0 Å². The van der Waals surface area contributed by atoms with Crippen molar-refractivity contribution in [2.75, 3.05) is 12.3 Å². The molecule has 0 aromatic heterocycles. The Morgan fingerprint density at radius 1 is 1.41 bits per heavy atom. The smallest absolute Gasteiger partial charge is 0.167 e. The molecule has 0 saturated heterocycles. The summed E-state index contributed by atoms with van der Waals surface area (Å²) in [5.74, 6) is 1.29. The van der Waals surface area contributed by atoms with E-state index in [0.717, 1.165) is 5.92 Å². The first kappa shape index (κ1) is 12.2. The largest absolute Gasteiger partial charge is 0.490 e. The Hall–Kier alpha value is -1.25. The van der Waals surface area contributed by atoms with Gasteiger partial charge in [0, 0.05) is 11.8 Å². The number of nitrogens with two attached hydrogens (primary N) is 1. The van der Waals surface area contributed by atoms with E-state index in [2.05, 4.69) is 6.92 Å². The predicted molar refractivity (Wildman–Crippen MR) is 67.4 cm³/mol. The number of anilines is 1. The van der Waals surface area contributed by atoms with E-state index in [4.69, 9.17) is 10.5 Å². The topological polar surface area (TPSA) is 35.2 Å². The standard InChI is InChI=1S/C14H20FNO/c1-10-3-2-4-11(7-10)9-17-14-6-5-12(16)8-13(14)15/h5-6,8,10-11H,2-4,7,9,16H2,1H3. The van der Waals surface area contributed by atoms with E-state index in [9.17, 15) is 4.39 Å². The van der Waals surface area contributed by atoms with Gasteiger partial charge in [-0.05, 0) is 36.8 Å². The number of hydrogen-bond acceptors (Lipinski definition) is 2. The first-order valence-corrected chi connectivity index (χ1v) is 6.33. The summed E-state index contributed by atoms with van der Waals surface area (Å²) in [5, 5.41) is 0. The molecule has 2 nitrogen and oxygen atoms in total. The van der Waals surface area contributed by atoms with E-state index in [1.165, 1.54) is 31.7 Å². The zero-order valence-corrected chi connectivity index (χ0v) is 10.3. The van der Waals surface area contributed by atoms with E-state index >= 15 is 0 Å². The molecule has 1 saturated carbocycles. The zero-order valence-electron chi connectivity index (χ0n) is 10.3. The van der Waals surface area contributed by atoms with Gasteiger partial charge in [0.05, 0.1) is 6.61 Å². The van der Waals surface area contributed by atoms with Crippen LogP contribution < -0.4 is 10.5 Å². The summed E-state index contributed by atoms with van der Waals surface area (Å²) < 4.78 is 19.0. The van der Waals surface area contributed by atoms with Crippen LogP contribution in [0.1, 0.15) is 32.6 Å². The molecule has 0 radical (unpaired) electrons. The van der Waals surface area contributed by atoms with Crippen LogP contribution in [0.5, 0.6) is 5.75 Å². The molecule has 0 aliphatic heterocycles. The number of halogens is 1. The molecule has 1 aliphatic carbocycles. The number of nitrogen functional groups attached to an aromatic ring is 1. The van der Waals surface area contributed by atoms with E-state index in [1.807, 2.05) is 0 Å². The third-order valence-electron chi connectivity index (χ3n) is 3.48. The molecule has 0 heterocycles. The predicted octanol–water partition coefficient (Wildman–Crippen LogP) is 3.61. The Balaban J connectivity index is 1.88. The second-order valence-corrected chi connectivity index (χ2v) is 5.14. The van der Waals surface area contributed by atoms with Gasteiger partial charge in [-0.3, -0.25) is 0 Å². The SMILES string of the molecule is CC1CCCC(COc2ccc(N)cc2F)C1. The molecule has 1 aromatic rings. The van der Waals surface area contributed by atoms with Crippen molar-refractivity contribution in [3.8, 4) is 5.75 Å². The fourth-order valence-corrected chi connectivity index (χ4v) is 2.55. The lowest BCUT2D eigenvalue weighted by molar-refractivity contribution is 0.177. The highest BCUT2D eigenvalue weighted by Crippen LogP contribution is 2.29. The summed E-state index contributed by atoms with van der Waals surface area (Å²) >= 11 is 0. The Morgan fingerprint density at radius 3 is 2.94 bits per heavy atom. The number of rotatable bonds is 3. The molecule has 0 bridgehead atoms. The van der Waals surface area contributed by atoms with Gasteiger partial charge in [0.2, 0.25) is 0 Å². The Labute approximate surface area is 102 Å². The van der Waals surface area contributed by atoms with Crippen LogP contribution in [-0.2, 0) is 0 Å². The highest BCUT2D eigenvalue weighted by molar-refractivity contribution is 5.42. The summed E-state index contributed by atoms with van der Waals surface area (Å²) in [6, 6.07) is 4.58. The quantitative estimate of drug-likeness (QED) is 0.815. The van der Waals surface area contributed by atoms with Crippen molar-refractivity contribution in [3.05, 3.63) is 24.0 Å². The van der Waals surface area contributed by atoms with Crippen LogP contribution in [0.4, 0.5) is 10.1 Å². The van der Waals surface area contributed by atoms with Crippen LogP contribution in [0.15, 0.2) is 18.2 Å². The Kier molecular flexibility index (Phi) is 3.87. The average Bonchev–Trinajstić information content (AvgIpc) is 2.28. The minimum Gasteiger partial charge on any atom is -0.490 e. The van der Waals surface area contributed by atoms with Gasteiger partial charge >= 0.3 is 0 Å². The highest BCUT2D eigenvalue weighted by atomic mass is 19.1. The highest BCUT2D eigenvalue weighted by Gasteiger charge is 2.19. The molecule has 0 amide bonds. The van der Waals surface area contributed by atoms with Crippen molar-refractivity contribution in [2.24, 2.45) is 11.8 Å². The molecule has 2 unspecified atom stereocenters. The fourth-order valence-electron chi connectivity index (χ4n) is 2.55. The zero-order chi connectivity index (χ0) is 12.3. The summed E-state index contributed by atoms with van der Waals surface area (Å²) in [5.41, 5.74) is 5.92. The second-order valence-electron chi connectivity index (χ2n) is 5.14. The minimum atomic E-state index is -0.367. The van der Waals surface area contributed by atoms with Crippen LogP contribution >= 0.6 is 0 Å². The van der Waals surface area contributed by atoms with Gasteiger partial charge in [-0.1, -0.05) is 19.8 Å². The average molecular weight is 237 g/mol. The van der Waals surface area contributed by atoms with Crippen LogP contribution in [0, 0.1) is 17.7 Å². The van der Waals surface area contributed by atoms with Gasteiger partial charge in [-0.25, -0.2) is 4.39 Å². The molecular formula is C14H20FNO. The lowest BCUT2D eigenvalue weighted by atomic mass is 9.83. The molecule has 2 atom stereocenters. The van der Waals surface area contributed by atoms with Crippen molar-refractivity contribution in [3.63, 3.8) is 0 Å². The van der Waals surface area contributed by atoms with Crippen LogP contribution in [0.25, 0.3) is 0 Å². The first-order valence-electron chi connectivity index (χ1n) is 6.33. The van der Waals surface area contributed by atoms with E-state index < -0.39 is 0 Å². The third kappa shape index (κ3) is 3.35. The van der Waals surface area contributed by atoms with E-state index in [1.54, 1.807) is 12.1 Å². The fraction of sp³-hybridized carbons (Fsp3) is 0.571. The van der Waals surface area contributed by atoms with Crippen LogP contribution in [0.2, 0.25) is 0 Å². The summed E-state index contributed by atoms with van der Waals surface area (Å²) in [6.07, 6.45) is 4.96. The second kappa shape index (κ2) is 5.39. The Morgan fingerprint density at radius 2 is 2.24 bits per heavy atom. The van der Waals surface area contributed by atoms with Crippen molar-refractivity contribution in [2.45, 2.75) is 32.6 Å². The Bertz CT molecular complexity index is 380. The molecule has 17 heavy (non-hydrogen) atoms. The maximum atomic E-state index is 13.5. The molecule has 1 aliphatic rings. The van der Waals surface area contributed by atoms with Crippen molar-refractivity contribution < 1.29 is 9.13 Å². The van der Waals surface area contributed by atoms with Gasteiger partial charge in [-0.2, -0.15) is 0 Å². The van der Waals surface area contributed by atoms with E-state index in [-0.39, 0.29) is 5.82 Å². The minimum absolute atomic E-state index is 0.317. The molecular weight excluding hydrogens is 217 g/mol. The third-order valence-corrected chi connectivity index (χ3v) is 3.48. The first-order chi connectivity index (χ1) is 8.15. The molecule has 1 fully saturated rings. The molecule has 2 rings (SSSR count). The molecule has 1 aromatic carbocycles. The molecule has 94 valence electrons. The summed E-state index contributed by atoms with van der Waals surface area (Å²) in [7, 11) is 0. The number of hydrogen-bond donors (Lipinski definition) is 1. The monoisotopic (exact) mass is 237 g/mol. The summed E-state index contributed by atoms with van der Waals surface area (Å²) in [4.78, 5) is 0. The molecule has 3 heteroatoms. The van der Waals surface area contributed by atoms with Gasteiger partial charge < -0.3 is 10.5 Å². The van der Waals surface area contributed by atoms with Crippen LogP contribution in [-0.4, -0.2) is 6.61 Å². The van der Waals surface area contributed by atoms with Gasteiger partial charge in [0.25, 0.3) is 0 Å². The number of benzene rings is 1. The maximum absolute atomic E-state index is 13.5. The van der Waals surface area contributed by atoms with Gasteiger partial charge in [0.15, 0.2) is 11.6 Å². The van der Waals surface area contributed by atoms with Crippen molar-refractivity contribution in [1.29, 1.82) is 0 Å². The normalized spacial score (nSPS) is 24.6. The van der Waals surface area contributed by atoms with Crippen LogP contribution in [0.3, 0.4) is 0 Å². The van der Waals surface area contributed by atoms with Gasteiger partial charge in [-0.15, -0.1) is 0 Å².